The van der Waals surface area contributed by atoms with E-state index in [0.717, 1.165) is 35.8 Å². The number of pyridine rings is 1. The van der Waals surface area contributed by atoms with E-state index in [1.807, 2.05) is 31.3 Å². The Labute approximate surface area is 197 Å². The lowest BCUT2D eigenvalue weighted by molar-refractivity contribution is 0.169. The maximum atomic E-state index is 11.4. The van der Waals surface area contributed by atoms with Crippen LogP contribution in [0.3, 0.4) is 0 Å². The van der Waals surface area contributed by atoms with Crippen LogP contribution in [0, 0.1) is 6.92 Å². The van der Waals surface area contributed by atoms with Crippen LogP contribution in [0.25, 0.3) is 11.1 Å². The molecule has 2 atom stereocenters. The number of nitrogens with one attached hydrogen (secondary N) is 3. The minimum absolute atomic E-state index is 0.460. The second-order valence-electron chi connectivity index (χ2n) is 8.87. The minimum Gasteiger partial charge on any atom is -0.408 e. The first-order chi connectivity index (χ1) is 16.4. The van der Waals surface area contributed by atoms with Crippen molar-refractivity contribution < 1.29 is 4.42 Å². The van der Waals surface area contributed by atoms with Crippen molar-refractivity contribution in [1.29, 1.82) is 0 Å². The summed E-state index contributed by atoms with van der Waals surface area (Å²) in [6.45, 7) is 8.32. The van der Waals surface area contributed by atoms with E-state index in [1.54, 1.807) is 18.3 Å². The summed E-state index contributed by atoms with van der Waals surface area (Å²) in [5.41, 5.74) is 3.60. The number of benzene rings is 1. The Balaban J connectivity index is 1.30. The number of aromatic amines is 1. The van der Waals surface area contributed by atoms with E-state index in [1.165, 1.54) is 0 Å². The molecule has 1 aromatic carbocycles. The predicted octanol–water partition coefficient (Wildman–Crippen LogP) is 3.63. The molecule has 34 heavy (non-hydrogen) atoms. The first-order valence-electron chi connectivity index (χ1n) is 11.3. The van der Waals surface area contributed by atoms with Crippen LogP contribution in [0.15, 0.2) is 51.9 Å². The summed E-state index contributed by atoms with van der Waals surface area (Å²) in [7, 11) is 2.17. The molecular formula is C24H28N8O2. The molecule has 10 heteroatoms. The van der Waals surface area contributed by atoms with Crippen molar-refractivity contribution in [3.63, 3.8) is 0 Å². The second kappa shape index (κ2) is 8.79. The summed E-state index contributed by atoms with van der Waals surface area (Å²) >= 11 is 0. The van der Waals surface area contributed by atoms with Crippen LogP contribution >= 0.6 is 0 Å². The molecule has 1 fully saturated rings. The van der Waals surface area contributed by atoms with Crippen LogP contribution in [0.4, 0.5) is 29.0 Å². The quantitative estimate of drug-likeness (QED) is 0.411. The number of aromatic nitrogens is 4. The van der Waals surface area contributed by atoms with Crippen LogP contribution in [0.1, 0.15) is 19.4 Å². The molecule has 10 nitrogen and oxygen atoms in total. The Kier molecular flexibility index (Phi) is 5.66. The van der Waals surface area contributed by atoms with E-state index in [0.29, 0.717) is 34.9 Å². The Hall–Kier alpha value is -3.92. The average Bonchev–Trinajstić information content (AvgIpc) is 3.19. The van der Waals surface area contributed by atoms with E-state index >= 15 is 0 Å². The summed E-state index contributed by atoms with van der Waals surface area (Å²) in [5, 5.41) is 6.51. The van der Waals surface area contributed by atoms with Gasteiger partial charge in [0.1, 0.15) is 11.6 Å². The summed E-state index contributed by atoms with van der Waals surface area (Å²) in [6.07, 6.45) is 3.56. The lowest BCUT2D eigenvalue weighted by atomic mass is 10.1. The number of aryl methyl sites for hydroxylation is 1. The number of nitrogens with zero attached hydrogens (tertiary/aromatic N) is 5. The van der Waals surface area contributed by atoms with Gasteiger partial charge in [-0.2, -0.15) is 4.98 Å². The molecule has 3 N–H and O–H groups in total. The van der Waals surface area contributed by atoms with Crippen molar-refractivity contribution in [2.24, 2.45) is 0 Å². The van der Waals surface area contributed by atoms with Crippen molar-refractivity contribution in [1.82, 2.24) is 24.8 Å². The zero-order valence-electron chi connectivity index (χ0n) is 19.7. The van der Waals surface area contributed by atoms with Gasteiger partial charge in [0, 0.05) is 42.6 Å². The van der Waals surface area contributed by atoms with Crippen molar-refractivity contribution >= 4 is 40.1 Å². The van der Waals surface area contributed by atoms with Crippen LogP contribution in [-0.2, 0) is 0 Å². The lowest BCUT2D eigenvalue weighted by Gasteiger charge is -2.43. The van der Waals surface area contributed by atoms with Crippen molar-refractivity contribution in [2.45, 2.75) is 32.9 Å². The smallest absolute Gasteiger partial charge is 0.408 e. The Morgan fingerprint density at radius 3 is 2.53 bits per heavy atom. The van der Waals surface area contributed by atoms with E-state index < -0.39 is 5.76 Å². The highest BCUT2D eigenvalue weighted by molar-refractivity contribution is 5.78. The van der Waals surface area contributed by atoms with Crippen molar-refractivity contribution in [2.75, 3.05) is 35.7 Å². The first-order valence-corrected chi connectivity index (χ1v) is 11.3. The van der Waals surface area contributed by atoms with Gasteiger partial charge in [-0.05, 0) is 58.2 Å². The molecule has 176 valence electrons. The lowest BCUT2D eigenvalue weighted by Crippen LogP contribution is -2.55. The summed E-state index contributed by atoms with van der Waals surface area (Å²) < 4.78 is 5.06. The molecule has 1 saturated heterocycles. The maximum absolute atomic E-state index is 11.4. The van der Waals surface area contributed by atoms with Crippen LogP contribution < -0.4 is 21.3 Å². The van der Waals surface area contributed by atoms with Gasteiger partial charge in [0.25, 0.3) is 0 Å². The molecule has 0 amide bonds. The van der Waals surface area contributed by atoms with E-state index in [9.17, 15) is 4.79 Å². The highest BCUT2D eigenvalue weighted by atomic mass is 16.4. The highest BCUT2D eigenvalue weighted by Gasteiger charge is 2.27. The van der Waals surface area contributed by atoms with Gasteiger partial charge in [-0.15, -0.1) is 0 Å². The number of likely N-dealkylation sites (N-methyl/N-ethyl adjacent to an activating group) is 1. The normalized spacial score (nSPS) is 18.9. The fraction of sp³-hybridized carbons (Fsp3) is 0.333. The molecule has 4 aromatic rings. The van der Waals surface area contributed by atoms with Crippen LogP contribution in [-0.4, -0.2) is 57.1 Å². The molecule has 4 heterocycles. The summed E-state index contributed by atoms with van der Waals surface area (Å²) in [4.78, 5) is 32.5. The number of rotatable bonds is 5. The summed E-state index contributed by atoms with van der Waals surface area (Å²) in [6, 6.07) is 10.3. The zero-order valence-corrected chi connectivity index (χ0v) is 19.7. The first kappa shape index (κ1) is 21.9. The number of fused-ring (bicyclic) bond motifs is 1. The van der Waals surface area contributed by atoms with Gasteiger partial charge >= 0.3 is 5.76 Å². The van der Waals surface area contributed by atoms with Crippen LogP contribution in [0.5, 0.6) is 0 Å². The third-order valence-corrected chi connectivity index (χ3v) is 6.34. The number of hydrogen-bond donors (Lipinski definition) is 3. The molecule has 2 unspecified atom stereocenters. The van der Waals surface area contributed by atoms with Crippen LogP contribution in [0.2, 0.25) is 0 Å². The SMILES string of the molecule is Cc1cnc(Nc2ccc(N3CC(C)N(C)C(C)C3)nc2)nc1Nc1ccc2oc(=O)[nH]c2c1. The Morgan fingerprint density at radius 1 is 1.03 bits per heavy atom. The standard InChI is InChI=1S/C24H28N8O2/c1-14-10-26-23(30-22(14)27-17-5-7-20-19(9-17)29-24(33)34-20)28-18-6-8-21(25-11-18)32-12-15(2)31(4)16(3)13-32/h5-11,15-16H,12-13H2,1-4H3,(H,29,33)(H2,26,27,28,30). The van der Waals surface area contributed by atoms with Gasteiger partial charge in [0.05, 0.1) is 17.4 Å². The molecule has 0 spiro atoms. The van der Waals surface area contributed by atoms with Gasteiger partial charge < -0.3 is 20.0 Å². The molecule has 0 aliphatic carbocycles. The molecule has 1 aliphatic heterocycles. The molecule has 3 aromatic heterocycles. The molecular weight excluding hydrogens is 432 g/mol. The topological polar surface area (TPSA) is 115 Å². The average molecular weight is 461 g/mol. The largest absolute Gasteiger partial charge is 0.417 e. The van der Waals surface area contributed by atoms with E-state index in [-0.39, 0.29) is 0 Å². The Morgan fingerprint density at radius 2 is 1.79 bits per heavy atom. The zero-order chi connectivity index (χ0) is 23.8. The molecule has 0 bridgehead atoms. The third-order valence-electron chi connectivity index (χ3n) is 6.34. The number of hydrogen-bond acceptors (Lipinski definition) is 9. The second-order valence-corrected chi connectivity index (χ2v) is 8.87. The number of piperazine rings is 1. The van der Waals surface area contributed by atoms with Gasteiger partial charge in [-0.25, -0.2) is 14.8 Å². The fourth-order valence-corrected chi connectivity index (χ4v) is 4.16. The van der Waals surface area contributed by atoms with E-state index in [2.05, 4.69) is 61.3 Å². The predicted molar refractivity (Wildman–Crippen MR) is 133 cm³/mol. The van der Waals surface area contributed by atoms with Gasteiger partial charge in [0.15, 0.2) is 5.58 Å². The fourth-order valence-electron chi connectivity index (χ4n) is 4.16. The molecule has 0 radical (unpaired) electrons. The van der Waals surface area contributed by atoms with E-state index in [4.69, 9.17) is 4.42 Å². The van der Waals surface area contributed by atoms with Crippen molar-refractivity contribution in [3.05, 3.63) is 58.8 Å². The van der Waals surface area contributed by atoms with Gasteiger partial charge in [-0.1, -0.05) is 0 Å². The monoisotopic (exact) mass is 460 g/mol. The highest BCUT2D eigenvalue weighted by Crippen LogP contribution is 2.24. The van der Waals surface area contributed by atoms with Crippen molar-refractivity contribution in [3.8, 4) is 0 Å². The third kappa shape index (κ3) is 4.44. The number of H-pyrrole nitrogens is 1. The molecule has 1 aliphatic rings. The van der Waals surface area contributed by atoms with Gasteiger partial charge in [-0.3, -0.25) is 9.88 Å². The van der Waals surface area contributed by atoms with Gasteiger partial charge in [0.2, 0.25) is 5.95 Å². The molecule has 5 rings (SSSR count). The maximum Gasteiger partial charge on any atom is 0.417 e. The summed E-state index contributed by atoms with van der Waals surface area (Å²) in [5.74, 6) is 1.61. The number of oxazole rings is 1. The molecule has 0 saturated carbocycles. The Bertz CT molecular complexity index is 1350. The number of anilines is 5. The minimum atomic E-state index is -0.479.